The Kier molecular flexibility index (Phi) is 7.88. The molecule has 1 fully saturated rings. The van der Waals surface area contributed by atoms with E-state index in [2.05, 4.69) is 16.0 Å². The zero-order valence-corrected chi connectivity index (χ0v) is 15.4. The summed E-state index contributed by atoms with van der Waals surface area (Å²) < 4.78 is 0. The molecule has 0 aliphatic carbocycles. The largest absolute Gasteiger partial charge is 0.353 e. The summed E-state index contributed by atoms with van der Waals surface area (Å²) in [6.07, 6.45) is 4.77. The highest BCUT2D eigenvalue weighted by Gasteiger charge is 2.23. The molecule has 0 aromatic heterocycles. The number of rotatable bonds is 8. The molecule has 2 atom stereocenters. The summed E-state index contributed by atoms with van der Waals surface area (Å²) in [7, 11) is 0. The fourth-order valence-corrected chi connectivity index (χ4v) is 3.36. The number of thioether (sulfide) groups is 1. The van der Waals surface area contributed by atoms with Crippen LogP contribution in [0.5, 0.6) is 0 Å². The van der Waals surface area contributed by atoms with Crippen LogP contribution in [-0.2, 0) is 4.79 Å². The molecule has 24 heavy (non-hydrogen) atoms. The van der Waals surface area contributed by atoms with Gasteiger partial charge in [0.15, 0.2) is 0 Å². The van der Waals surface area contributed by atoms with Gasteiger partial charge in [-0.3, -0.25) is 9.59 Å². The van der Waals surface area contributed by atoms with Crippen LogP contribution in [0.4, 0.5) is 0 Å². The van der Waals surface area contributed by atoms with Crippen molar-refractivity contribution in [1.29, 1.82) is 0 Å². The number of carbonyl (C=O) groups is 2. The van der Waals surface area contributed by atoms with Crippen molar-refractivity contribution < 1.29 is 9.59 Å². The molecular formula is C17H24ClN3O2S. The van der Waals surface area contributed by atoms with Gasteiger partial charge in [-0.2, -0.15) is 11.8 Å². The monoisotopic (exact) mass is 369 g/mol. The van der Waals surface area contributed by atoms with Crippen molar-refractivity contribution in [2.24, 2.45) is 0 Å². The minimum Gasteiger partial charge on any atom is -0.353 e. The third-order valence-corrected chi connectivity index (χ3v) is 5.01. The van der Waals surface area contributed by atoms with E-state index in [9.17, 15) is 9.59 Å². The van der Waals surface area contributed by atoms with Gasteiger partial charge >= 0.3 is 0 Å². The molecule has 1 aliphatic heterocycles. The van der Waals surface area contributed by atoms with Gasteiger partial charge in [-0.15, -0.1) is 0 Å². The molecule has 132 valence electrons. The summed E-state index contributed by atoms with van der Waals surface area (Å²) in [6, 6.07) is 6.62. The molecule has 1 aromatic rings. The summed E-state index contributed by atoms with van der Waals surface area (Å²) in [6.45, 7) is 1.59. The van der Waals surface area contributed by atoms with Crippen LogP contribution in [0.15, 0.2) is 24.3 Å². The highest BCUT2D eigenvalue weighted by Crippen LogP contribution is 2.15. The predicted molar refractivity (Wildman–Crippen MR) is 99.7 cm³/mol. The molecular weight excluding hydrogens is 346 g/mol. The average molecular weight is 370 g/mol. The maximum absolute atomic E-state index is 12.5. The molecule has 2 rings (SSSR count). The van der Waals surface area contributed by atoms with E-state index in [1.54, 1.807) is 36.0 Å². The molecule has 7 heteroatoms. The maximum Gasteiger partial charge on any atom is 0.253 e. The number of carbonyl (C=O) groups excluding carboxylic acids is 2. The van der Waals surface area contributed by atoms with Crippen LogP contribution in [0.3, 0.4) is 0 Å². The number of halogens is 1. The third kappa shape index (κ3) is 5.69. The van der Waals surface area contributed by atoms with Crippen LogP contribution in [0.1, 0.15) is 29.6 Å². The van der Waals surface area contributed by atoms with Gasteiger partial charge in [-0.1, -0.05) is 23.7 Å². The second-order valence-corrected chi connectivity index (χ2v) is 7.22. The summed E-state index contributed by atoms with van der Waals surface area (Å²) in [5, 5.41) is 9.49. The predicted octanol–water partition coefficient (Wildman–Crippen LogP) is 2.06. The van der Waals surface area contributed by atoms with Crippen LogP contribution in [0, 0.1) is 0 Å². The average Bonchev–Trinajstić information content (AvgIpc) is 3.10. The summed E-state index contributed by atoms with van der Waals surface area (Å²) >= 11 is 7.71. The third-order valence-electron chi connectivity index (χ3n) is 4.04. The van der Waals surface area contributed by atoms with Crippen molar-refractivity contribution in [3.63, 3.8) is 0 Å². The standard InChI is InChI=1S/C17H24ClN3O2S/c1-24-10-8-15(17(23)20-11-12-5-4-9-19-12)21-16(22)13-6-2-3-7-14(13)18/h2-3,6-7,12,15,19H,4-5,8-11H2,1H3,(H,20,23)(H,21,22). The molecule has 3 N–H and O–H groups in total. The first kappa shape index (κ1) is 19.1. The van der Waals surface area contributed by atoms with Crippen LogP contribution in [0.2, 0.25) is 5.02 Å². The van der Waals surface area contributed by atoms with Gasteiger partial charge in [-0.25, -0.2) is 0 Å². The zero-order valence-electron chi connectivity index (χ0n) is 13.8. The second kappa shape index (κ2) is 9.91. The highest BCUT2D eigenvalue weighted by molar-refractivity contribution is 7.98. The van der Waals surface area contributed by atoms with Crippen molar-refractivity contribution >= 4 is 35.2 Å². The van der Waals surface area contributed by atoms with Crippen LogP contribution >= 0.6 is 23.4 Å². The van der Waals surface area contributed by atoms with Gasteiger partial charge in [0, 0.05) is 12.6 Å². The fourth-order valence-electron chi connectivity index (χ4n) is 2.66. The first-order valence-electron chi connectivity index (χ1n) is 8.17. The first-order chi connectivity index (χ1) is 11.6. The Hall–Kier alpha value is -1.24. The van der Waals surface area contributed by atoms with Crippen molar-refractivity contribution in [1.82, 2.24) is 16.0 Å². The van der Waals surface area contributed by atoms with Crippen molar-refractivity contribution in [2.75, 3.05) is 25.1 Å². The maximum atomic E-state index is 12.5. The topological polar surface area (TPSA) is 70.2 Å². The normalized spacial score (nSPS) is 18.2. The molecule has 1 saturated heterocycles. The van der Waals surface area contributed by atoms with E-state index in [0.717, 1.165) is 25.1 Å². The Balaban J connectivity index is 1.94. The summed E-state index contributed by atoms with van der Waals surface area (Å²) in [5.74, 6) is 0.335. The molecule has 1 aromatic carbocycles. The number of hydrogen-bond acceptors (Lipinski definition) is 4. The van der Waals surface area contributed by atoms with E-state index < -0.39 is 6.04 Å². The number of benzene rings is 1. The lowest BCUT2D eigenvalue weighted by atomic mass is 10.1. The van der Waals surface area contributed by atoms with Gasteiger partial charge < -0.3 is 16.0 Å². The Bertz CT molecular complexity index is 565. The SMILES string of the molecule is CSCCC(NC(=O)c1ccccc1Cl)C(=O)NCC1CCCN1. The number of amides is 2. The lowest BCUT2D eigenvalue weighted by Crippen LogP contribution is -2.49. The molecule has 2 unspecified atom stereocenters. The molecule has 0 radical (unpaired) electrons. The van der Waals surface area contributed by atoms with Crippen molar-refractivity contribution in [3.8, 4) is 0 Å². The van der Waals surface area contributed by atoms with Gasteiger partial charge in [-0.05, 0) is 49.9 Å². The minimum atomic E-state index is -0.553. The Labute approximate surface area is 152 Å². The second-order valence-electron chi connectivity index (χ2n) is 5.83. The van der Waals surface area contributed by atoms with E-state index in [-0.39, 0.29) is 11.8 Å². The molecule has 1 heterocycles. The molecule has 1 aliphatic rings. The Morgan fingerprint density at radius 3 is 2.88 bits per heavy atom. The summed E-state index contributed by atoms with van der Waals surface area (Å²) in [4.78, 5) is 24.9. The molecule has 0 bridgehead atoms. The van der Waals surface area contributed by atoms with Crippen LogP contribution < -0.4 is 16.0 Å². The fraction of sp³-hybridized carbons (Fsp3) is 0.529. The quantitative estimate of drug-likeness (QED) is 0.656. The lowest BCUT2D eigenvalue weighted by Gasteiger charge is -2.20. The lowest BCUT2D eigenvalue weighted by molar-refractivity contribution is -0.123. The van der Waals surface area contributed by atoms with E-state index in [4.69, 9.17) is 11.6 Å². The number of nitrogens with one attached hydrogen (secondary N) is 3. The van der Waals surface area contributed by atoms with Gasteiger partial charge in [0.05, 0.1) is 10.6 Å². The first-order valence-corrected chi connectivity index (χ1v) is 9.94. The van der Waals surface area contributed by atoms with Crippen LogP contribution in [-0.4, -0.2) is 49.0 Å². The van der Waals surface area contributed by atoms with E-state index in [1.807, 2.05) is 6.26 Å². The van der Waals surface area contributed by atoms with Gasteiger partial charge in [0.25, 0.3) is 5.91 Å². The number of hydrogen-bond donors (Lipinski definition) is 3. The molecule has 0 spiro atoms. The Morgan fingerprint density at radius 1 is 1.42 bits per heavy atom. The van der Waals surface area contributed by atoms with E-state index in [0.29, 0.717) is 29.6 Å². The minimum absolute atomic E-state index is 0.141. The van der Waals surface area contributed by atoms with Crippen molar-refractivity contribution in [3.05, 3.63) is 34.9 Å². The zero-order chi connectivity index (χ0) is 17.4. The van der Waals surface area contributed by atoms with Crippen LogP contribution in [0.25, 0.3) is 0 Å². The smallest absolute Gasteiger partial charge is 0.253 e. The summed E-state index contributed by atoms with van der Waals surface area (Å²) in [5.41, 5.74) is 0.388. The van der Waals surface area contributed by atoms with Gasteiger partial charge in [0.2, 0.25) is 5.91 Å². The molecule has 0 saturated carbocycles. The van der Waals surface area contributed by atoms with E-state index >= 15 is 0 Å². The molecule has 2 amide bonds. The van der Waals surface area contributed by atoms with Crippen molar-refractivity contribution in [2.45, 2.75) is 31.3 Å². The van der Waals surface area contributed by atoms with E-state index in [1.165, 1.54) is 0 Å². The van der Waals surface area contributed by atoms with Gasteiger partial charge in [0.1, 0.15) is 6.04 Å². The molecule has 5 nitrogen and oxygen atoms in total. The highest BCUT2D eigenvalue weighted by atomic mass is 35.5. The Morgan fingerprint density at radius 2 is 2.21 bits per heavy atom.